The molecule has 1 unspecified atom stereocenters. The van der Waals surface area contributed by atoms with Crippen molar-refractivity contribution in [2.45, 2.75) is 40.2 Å². The van der Waals surface area contributed by atoms with Crippen molar-refractivity contribution in [3.8, 4) is 5.75 Å². The Kier molecular flexibility index (Phi) is 5.21. The Morgan fingerprint density at radius 1 is 1.00 bits per heavy atom. The van der Waals surface area contributed by atoms with Crippen LogP contribution in [-0.4, -0.2) is 12.0 Å². The molecule has 0 aliphatic heterocycles. The van der Waals surface area contributed by atoms with Gasteiger partial charge in [-0.2, -0.15) is 0 Å². The summed E-state index contributed by atoms with van der Waals surface area (Å²) in [5.74, 6) is 0.619. The number of benzene rings is 2. The second-order valence-corrected chi connectivity index (χ2v) is 5.69. The number of amides is 1. The van der Waals surface area contributed by atoms with Crippen LogP contribution in [0.25, 0.3) is 0 Å². The van der Waals surface area contributed by atoms with Crippen LogP contribution in [0.4, 0.5) is 5.69 Å². The van der Waals surface area contributed by atoms with Crippen LogP contribution >= 0.6 is 0 Å². The third kappa shape index (κ3) is 4.35. The van der Waals surface area contributed by atoms with Gasteiger partial charge in [0.1, 0.15) is 5.75 Å². The average Bonchev–Trinajstić information content (AvgIpc) is 2.46. The van der Waals surface area contributed by atoms with Gasteiger partial charge >= 0.3 is 0 Å². The maximum Gasteiger partial charge on any atom is 0.265 e. The molecule has 0 saturated heterocycles. The molecule has 0 saturated carbocycles. The van der Waals surface area contributed by atoms with Crippen molar-refractivity contribution in [2.24, 2.45) is 0 Å². The lowest BCUT2D eigenvalue weighted by molar-refractivity contribution is -0.122. The zero-order chi connectivity index (χ0) is 16.1. The lowest BCUT2D eigenvalue weighted by atomic mass is 10.1. The first kappa shape index (κ1) is 16.1. The summed E-state index contributed by atoms with van der Waals surface area (Å²) in [5, 5.41) is 2.91. The molecule has 0 aliphatic rings. The van der Waals surface area contributed by atoms with E-state index in [0.717, 1.165) is 28.1 Å². The molecule has 0 fully saturated rings. The van der Waals surface area contributed by atoms with Crippen LogP contribution in [0.15, 0.2) is 42.5 Å². The van der Waals surface area contributed by atoms with Crippen molar-refractivity contribution in [1.82, 2.24) is 0 Å². The second kappa shape index (κ2) is 7.12. The molecule has 0 aromatic heterocycles. The molecular weight excluding hydrogens is 274 g/mol. The van der Waals surface area contributed by atoms with E-state index < -0.39 is 6.10 Å². The van der Waals surface area contributed by atoms with Crippen LogP contribution in [0.5, 0.6) is 5.75 Å². The number of rotatable bonds is 5. The Bertz CT molecular complexity index is 627. The topological polar surface area (TPSA) is 38.3 Å². The van der Waals surface area contributed by atoms with E-state index in [0.29, 0.717) is 6.42 Å². The molecule has 2 aromatic rings. The fraction of sp³-hybridized carbons (Fsp3) is 0.316. The third-order valence-corrected chi connectivity index (χ3v) is 3.46. The fourth-order valence-corrected chi connectivity index (χ4v) is 2.35. The minimum atomic E-state index is -0.498. The Balaban J connectivity index is 2.06. The molecule has 0 spiro atoms. The largest absolute Gasteiger partial charge is 0.481 e. The lowest BCUT2D eigenvalue weighted by Gasteiger charge is -2.18. The highest BCUT2D eigenvalue weighted by molar-refractivity contribution is 5.94. The first-order valence-electron chi connectivity index (χ1n) is 7.60. The van der Waals surface area contributed by atoms with E-state index >= 15 is 0 Å². The summed E-state index contributed by atoms with van der Waals surface area (Å²) in [6, 6.07) is 13.7. The summed E-state index contributed by atoms with van der Waals surface area (Å²) in [6.45, 7) is 8.01. The van der Waals surface area contributed by atoms with Crippen LogP contribution in [-0.2, 0) is 4.79 Å². The van der Waals surface area contributed by atoms with Crippen molar-refractivity contribution in [3.63, 3.8) is 0 Å². The van der Waals surface area contributed by atoms with Gasteiger partial charge < -0.3 is 10.1 Å². The van der Waals surface area contributed by atoms with E-state index in [9.17, 15) is 4.79 Å². The zero-order valence-electron chi connectivity index (χ0n) is 13.6. The smallest absolute Gasteiger partial charge is 0.265 e. The van der Waals surface area contributed by atoms with E-state index in [2.05, 4.69) is 11.4 Å². The summed E-state index contributed by atoms with van der Waals surface area (Å²) in [4.78, 5) is 12.4. The number of nitrogens with one attached hydrogen (secondary N) is 1. The predicted molar refractivity (Wildman–Crippen MR) is 90.4 cm³/mol. The molecule has 116 valence electrons. The highest BCUT2D eigenvalue weighted by Crippen LogP contribution is 2.19. The fourth-order valence-electron chi connectivity index (χ4n) is 2.35. The summed E-state index contributed by atoms with van der Waals surface area (Å²) in [6.07, 6.45) is 0.118. The van der Waals surface area contributed by atoms with Gasteiger partial charge in [-0.3, -0.25) is 4.79 Å². The van der Waals surface area contributed by atoms with Gasteiger partial charge in [-0.1, -0.05) is 30.7 Å². The zero-order valence-corrected chi connectivity index (χ0v) is 13.6. The monoisotopic (exact) mass is 297 g/mol. The molecule has 3 nitrogen and oxygen atoms in total. The first-order valence-corrected chi connectivity index (χ1v) is 7.60. The van der Waals surface area contributed by atoms with Gasteiger partial charge in [-0.25, -0.2) is 0 Å². The van der Waals surface area contributed by atoms with Crippen molar-refractivity contribution in [1.29, 1.82) is 0 Å². The predicted octanol–water partition coefficient (Wildman–Crippen LogP) is 4.41. The van der Waals surface area contributed by atoms with Crippen LogP contribution in [0.3, 0.4) is 0 Å². The molecule has 0 bridgehead atoms. The van der Waals surface area contributed by atoms with Crippen LogP contribution < -0.4 is 10.1 Å². The molecule has 3 heteroatoms. The summed E-state index contributed by atoms with van der Waals surface area (Å²) >= 11 is 0. The number of aryl methyl sites for hydroxylation is 3. The Morgan fingerprint density at radius 3 is 2.14 bits per heavy atom. The number of anilines is 1. The highest BCUT2D eigenvalue weighted by Gasteiger charge is 2.18. The maximum absolute atomic E-state index is 12.4. The molecule has 2 aromatic carbocycles. The van der Waals surface area contributed by atoms with Gasteiger partial charge in [-0.05, 0) is 62.6 Å². The van der Waals surface area contributed by atoms with Gasteiger partial charge in [0.2, 0.25) is 0 Å². The number of carbonyl (C=O) groups excluding carboxylic acids is 1. The Hall–Kier alpha value is -2.29. The summed E-state index contributed by atoms with van der Waals surface area (Å²) < 4.78 is 5.87. The van der Waals surface area contributed by atoms with E-state index in [1.807, 2.05) is 64.1 Å². The molecule has 1 N–H and O–H groups in total. The molecule has 22 heavy (non-hydrogen) atoms. The van der Waals surface area contributed by atoms with Crippen LogP contribution in [0.1, 0.15) is 30.0 Å². The van der Waals surface area contributed by atoms with Gasteiger partial charge in [0, 0.05) is 5.69 Å². The molecule has 1 atom stereocenters. The van der Waals surface area contributed by atoms with Crippen LogP contribution in [0, 0.1) is 20.8 Å². The Morgan fingerprint density at radius 2 is 1.59 bits per heavy atom. The molecule has 0 radical (unpaired) electrons. The van der Waals surface area contributed by atoms with Gasteiger partial charge in [0.05, 0.1) is 0 Å². The van der Waals surface area contributed by atoms with Gasteiger partial charge in [-0.15, -0.1) is 0 Å². The standard InChI is InChI=1S/C19H23NO2/c1-5-18(22-17-11-14(3)10-15(4)12-17)19(21)20-16-8-6-13(2)7-9-16/h6-12,18H,5H2,1-4H3,(H,20,21). The summed E-state index contributed by atoms with van der Waals surface area (Å²) in [7, 11) is 0. The lowest BCUT2D eigenvalue weighted by Crippen LogP contribution is -2.32. The SMILES string of the molecule is CCC(Oc1cc(C)cc(C)c1)C(=O)Nc1ccc(C)cc1. The number of ether oxygens (including phenoxy) is 1. The molecule has 1 amide bonds. The van der Waals surface area contributed by atoms with Gasteiger partial charge in [0.25, 0.3) is 5.91 Å². The van der Waals surface area contributed by atoms with Crippen molar-refractivity contribution in [2.75, 3.05) is 5.32 Å². The number of carbonyl (C=O) groups is 1. The number of hydrogen-bond donors (Lipinski definition) is 1. The van der Waals surface area contributed by atoms with Crippen molar-refractivity contribution in [3.05, 3.63) is 59.2 Å². The first-order chi connectivity index (χ1) is 10.5. The molecular formula is C19H23NO2. The van der Waals surface area contributed by atoms with E-state index in [1.165, 1.54) is 0 Å². The Labute approximate surface area is 132 Å². The minimum absolute atomic E-state index is 0.120. The van der Waals surface area contributed by atoms with E-state index in [4.69, 9.17) is 4.74 Å². The van der Waals surface area contributed by atoms with E-state index in [-0.39, 0.29) is 5.91 Å². The molecule has 0 heterocycles. The van der Waals surface area contributed by atoms with Crippen molar-refractivity contribution >= 4 is 11.6 Å². The molecule has 2 rings (SSSR count). The van der Waals surface area contributed by atoms with E-state index in [1.54, 1.807) is 0 Å². The summed E-state index contributed by atoms with van der Waals surface area (Å²) in [5.41, 5.74) is 4.21. The maximum atomic E-state index is 12.4. The van der Waals surface area contributed by atoms with Gasteiger partial charge in [0.15, 0.2) is 6.10 Å². The normalized spacial score (nSPS) is 11.8. The van der Waals surface area contributed by atoms with Crippen molar-refractivity contribution < 1.29 is 9.53 Å². The molecule has 0 aliphatic carbocycles. The van der Waals surface area contributed by atoms with Crippen LogP contribution in [0.2, 0.25) is 0 Å². The number of hydrogen-bond acceptors (Lipinski definition) is 2. The minimum Gasteiger partial charge on any atom is -0.481 e. The second-order valence-electron chi connectivity index (χ2n) is 5.69. The quantitative estimate of drug-likeness (QED) is 0.888. The average molecular weight is 297 g/mol. The third-order valence-electron chi connectivity index (χ3n) is 3.46. The highest BCUT2D eigenvalue weighted by atomic mass is 16.5.